The average Bonchev–Trinajstić information content (AvgIpc) is 2.73. The first kappa shape index (κ1) is 16.9. The molecule has 0 spiro atoms. The van der Waals surface area contributed by atoms with Crippen molar-refractivity contribution >= 4 is 17.5 Å². The molecule has 1 saturated heterocycles. The molecule has 0 saturated carbocycles. The fourth-order valence-electron chi connectivity index (χ4n) is 2.22. The topological polar surface area (TPSA) is 64.2 Å². The van der Waals surface area contributed by atoms with Crippen LogP contribution in [0.3, 0.4) is 0 Å². The Kier molecular flexibility index (Phi) is 4.11. The molecule has 1 aliphatic rings. The Morgan fingerprint density at radius 2 is 1.91 bits per heavy atom. The highest BCUT2D eigenvalue weighted by atomic mass is 35.5. The number of aromatic nitrogens is 2. The summed E-state index contributed by atoms with van der Waals surface area (Å²) in [6.07, 6.45) is -5.06. The summed E-state index contributed by atoms with van der Waals surface area (Å²) in [6.45, 7) is 0.988. The van der Waals surface area contributed by atoms with Crippen LogP contribution in [0.1, 0.15) is 28.7 Å². The zero-order chi connectivity index (χ0) is 16.9. The molecule has 124 valence electrons. The van der Waals surface area contributed by atoms with Crippen molar-refractivity contribution in [2.45, 2.75) is 31.1 Å². The Hall–Kier alpha value is -1.42. The van der Waals surface area contributed by atoms with Crippen molar-refractivity contribution in [1.29, 1.82) is 0 Å². The monoisotopic (exact) mass is 346 g/mol. The number of likely N-dealkylation sites (tertiary alicyclic amines) is 1. The standard InChI is InChI=1S/C11H12ClF5N4O/c1-2-21-8(10(12,13)14)6(7(19-21)11(15,16)17)9(22)20-3-5(18)4-20/h5H,2-4,18H2,1H3. The molecule has 11 heteroatoms. The van der Waals surface area contributed by atoms with Crippen LogP contribution in [0.15, 0.2) is 0 Å². The fraction of sp³-hybridized carbons (Fsp3) is 0.636. The van der Waals surface area contributed by atoms with Gasteiger partial charge in [-0.25, -0.2) is 0 Å². The molecule has 1 aromatic heterocycles. The summed E-state index contributed by atoms with van der Waals surface area (Å²) in [4.78, 5) is 13.1. The zero-order valence-electron chi connectivity index (χ0n) is 11.3. The van der Waals surface area contributed by atoms with Gasteiger partial charge in [-0.2, -0.15) is 27.1 Å². The van der Waals surface area contributed by atoms with E-state index in [1.807, 2.05) is 0 Å². The number of alkyl halides is 6. The summed E-state index contributed by atoms with van der Waals surface area (Å²) in [7, 11) is 0. The van der Waals surface area contributed by atoms with Gasteiger partial charge in [0.2, 0.25) is 0 Å². The van der Waals surface area contributed by atoms with Gasteiger partial charge in [0, 0.05) is 25.7 Å². The molecule has 1 aliphatic heterocycles. The summed E-state index contributed by atoms with van der Waals surface area (Å²) in [5.41, 5.74) is 1.31. The molecule has 22 heavy (non-hydrogen) atoms. The molecular formula is C11H12ClF5N4O. The van der Waals surface area contributed by atoms with Crippen molar-refractivity contribution in [2.24, 2.45) is 5.73 Å². The summed E-state index contributed by atoms with van der Waals surface area (Å²) in [5, 5.41) is -1.07. The minimum atomic E-state index is -5.06. The first-order valence-corrected chi connectivity index (χ1v) is 6.64. The lowest BCUT2D eigenvalue weighted by Gasteiger charge is -2.37. The van der Waals surface area contributed by atoms with Crippen molar-refractivity contribution in [1.82, 2.24) is 14.7 Å². The normalized spacial score (nSPS) is 16.8. The smallest absolute Gasteiger partial charge is 0.335 e. The van der Waals surface area contributed by atoms with E-state index in [1.165, 1.54) is 6.92 Å². The van der Waals surface area contributed by atoms with Gasteiger partial charge >= 0.3 is 11.6 Å². The van der Waals surface area contributed by atoms with Gasteiger partial charge in [-0.1, -0.05) is 0 Å². The van der Waals surface area contributed by atoms with E-state index in [0.29, 0.717) is 4.68 Å². The van der Waals surface area contributed by atoms with Crippen LogP contribution in [0.5, 0.6) is 0 Å². The van der Waals surface area contributed by atoms with Crippen molar-refractivity contribution in [2.75, 3.05) is 13.1 Å². The predicted octanol–water partition coefficient (Wildman–Crippen LogP) is 1.99. The van der Waals surface area contributed by atoms with E-state index in [0.717, 1.165) is 4.90 Å². The second-order valence-corrected chi connectivity index (χ2v) is 5.33. The van der Waals surface area contributed by atoms with Gasteiger partial charge in [0.15, 0.2) is 5.69 Å². The van der Waals surface area contributed by atoms with Crippen LogP contribution in [0.25, 0.3) is 0 Å². The van der Waals surface area contributed by atoms with Crippen molar-refractivity contribution in [3.05, 3.63) is 17.0 Å². The molecule has 0 atom stereocenters. The van der Waals surface area contributed by atoms with Gasteiger partial charge in [0.05, 0.1) is 0 Å². The highest BCUT2D eigenvalue weighted by Gasteiger charge is 2.49. The summed E-state index contributed by atoms with van der Waals surface area (Å²) in [6, 6.07) is -0.389. The zero-order valence-corrected chi connectivity index (χ0v) is 12.0. The van der Waals surface area contributed by atoms with Crippen molar-refractivity contribution in [3.63, 3.8) is 0 Å². The number of aryl methyl sites for hydroxylation is 1. The van der Waals surface area contributed by atoms with Gasteiger partial charge in [0.25, 0.3) is 5.91 Å². The Morgan fingerprint density at radius 1 is 1.36 bits per heavy atom. The number of carbonyl (C=O) groups excluding carboxylic acids is 1. The van der Waals surface area contributed by atoms with Gasteiger partial charge in [-0.15, -0.1) is 0 Å². The summed E-state index contributed by atoms with van der Waals surface area (Å²) in [5.74, 6) is -1.20. The number of nitrogens with two attached hydrogens (primary N) is 1. The minimum Gasteiger partial charge on any atom is -0.335 e. The second-order valence-electron chi connectivity index (χ2n) is 4.85. The number of carbonyl (C=O) groups is 1. The van der Waals surface area contributed by atoms with Gasteiger partial charge < -0.3 is 10.6 Å². The lowest BCUT2D eigenvalue weighted by molar-refractivity contribution is -0.141. The lowest BCUT2D eigenvalue weighted by Crippen LogP contribution is -2.58. The van der Waals surface area contributed by atoms with Gasteiger partial charge in [-0.05, 0) is 18.5 Å². The number of halogens is 6. The molecule has 2 N–H and O–H groups in total. The van der Waals surface area contributed by atoms with Crippen LogP contribution in [-0.2, 0) is 18.1 Å². The summed E-state index contributed by atoms with van der Waals surface area (Å²) >= 11 is 4.89. The van der Waals surface area contributed by atoms with E-state index in [2.05, 4.69) is 5.10 Å². The average molecular weight is 347 g/mol. The van der Waals surface area contributed by atoms with E-state index >= 15 is 0 Å². The van der Waals surface area contributed by atoms with Crippen LogP contribution in [-0.4, -0.2) is 39.7 Å². The lowest BCUT2D eigenvalue weighted by atomic mass is 10.1. The van der Waals surface area contributed by atoms with Gasteiger partial charge in [-0.3, -0.25) is 9.48 Å². The van der Waals surface area contributed by atoms with E-state index in [1.54, 1.807) is 0 Å². The maximum atomic E-state index is 13.5. The first-order chi connectivity index (χ1) is 9.96. The number of rotatable bonds is 3. The third kappa shape index (κ3) is 2.89. The van der Waals surface area contributed by atoms with Crippen LogP contribution >= 0.6 is 11.6 Å². The van der Waals surface area contributed by atoms with E-state index < -0.39 is 34.4 Å². The fourth-order valence-corrected chi connectivity index (χ4v) is 2.41. The van der Waals surface area contributed by atoms with Crippen LogP contribution in [0.2, 0.25) is 0 Å². The molecule has 0 aliphatic carbocycles. The SMILES string of the molecule is CCn1nc(C(F)(F)F)c(C(=O)N2CC(N)C2)c1C(F)(F)Cl. The van der Waals surface area contributed by atoms with E-state index in [-0.39, 0.29) is 25.7 Å². The predicted molar refractivity (Wildman–Crippen MR) is 66.5 cm³/mol. The highest BCUT2D eigenvalue weighted by Crippen LogP contribution is 2.41. The minimum absolute atomic E-state index is 0.0132. The molecule has 1 amide bonds. The molecule has 0 bridgehead atoms. The molecule has 0 unspecified atom stereocenters. The summed E-state index contributed by atoms with van der Waals surface area (Å²) < 4.78 is 66.5. The molecule has 1 fully saturated rings. The third-order valence-corrected chi connectivity index (χ3v) is 3.38. The van der Waals surface area contributed by atoms with Gasteiger partial charge in [0.1, 0.15) is 11.3 Å². The molecule has 0 radical (unpaired) electrons. The number of hydrogen-bond acceptors (Lipinski definition) is 3. The molecule has 0 aromatic carbocycles. The van der Waals surface area contributed by atoms with E-state index in [4.69, 9.17) is 17.3 Å². The Labute approximate surface area is 126 Å². The number of hydrogen-bond donors (Lipinski definition) is 1. The van der Waals surface area contributed by atoms with Crippen molar-refractivity contribution < 1.29 is 26.7 Å². The molecule has 5 nitrogen and oxygen atoms in total. The van der Waals surface area contributed by atoms with Crippen LogP contribution in [0, 0.1) is 0 Å². The number of nitrogens with zero attached hydrogens (tertiary/aromatic N) is 3. The second kappa shape index (κ2) is 5.34. The first-order valence-electron chi connectivity index (χ1n) is 6.26. The van der Waals surface area contributed by atoms with Crippen LogP contribution < -0.4 is 5.73 Å². The highest BCUT2D eigenvalue weighted by molar-refractivity contribution is 6.22. The number of amides is 1. The maximum Gasteiger partial charge on any atom is 0.435 e. The van der Waals surface area contributed by atoms with E-state index in [9.17, 15) is 26.7 Å². The Balaban J connectivity index is 2.62. The molecule has 2 rings (SSSR count). The Morgan fingerprint density at radius 3 is 2.27 bits per heavy atom. The molecule has 1 aromatic rings. The maximum absolute atomic E-state index is 13.5. The molecule has 2 heterocycles. The van der Waals surface area contributed by atoms with Crippen LogP contribution in [0.4, 0.5) is 22.0 Å². The Bertz CT molecular complexity index is 589. The quantitative estimate of drug-likeness (QED) is 0.672. The van der Waals surface area contributed by atoms with Crippen molar-refractivity contribution in [3.8, 4) is 0 Å². The molecular weight excluding hydrogens is 335 g/mol. The largest absolute Gasteiger partial charge is 0.435 e. The third-order valence-electron chi connectivity index (χ3n) is 3.20.